The fourth-order valence-electron chi connectivity index (χ4n) is 2.81. The van der Waals surface area contributed by atoms with Crippen LogP contribution in [0.2, 0.25) is 0 Å². The van der Waals surface area contributed by atoms with Gasteiger partial charge in [0.1, 0.15) is 6.10 Å². The number of fused-ring (bicyclic) bond motifs is 1. The maximum atomic E-state index is 15.0. The van der Waals surface area contributed by atoms with E-state index in [1.54, 1.807) is 27.7 Å². The van der Waals surface area contributed by atoms with Crippen molar-refractivity contribution in [3.05, 3.63) is 28.4 Å². The van der Waals surface area contributed by atoms with E-state index in [9.17, 15) is 22.9 Å². The van der Waals surface area contributed by atoms with Crippen LogP contribution in [0.3, 0.4) is 0 Å². The molecule has 1 unspecified atom stereocenters. The Bertz CT molecular complexity index is 920. The van der Waals surface area contributed by atoms with E-state index in [2.05, 4.69) is 4.98 Å². The predicted octanol–water partition coefficient (Wildman–Crippen LogP) is 2.93. The lowest BCUT2D eigenvalue weighted by molar-refractivity contribution is -0.138. The smallest absolute Gasteiger partial charge is 0.343 e. The topological polar surface area (TPSA) is 106 Å². The van der Waals surface area contributed by atoms with E-state index in [0.717, 1.165) is 18.0 Å². The maximum Gasteiger partial charge on any atom is 0.475 e. The maximum absolute atomic E-state index is 15.0. The summed E-state index contributed by atoms with van der Waals surface area (Å²) in [4.78, 5) is 27.5. The van der Waals surface area contributed by atoms with Crippen molar-refractivity contribution in [1.82, 2.24) is 9.55 Å². The molecule has 168 valence electrons. The average Bonchev–Trinajstić information content (AvgIpc) is 2.88. The van der Waals surface area contributed by atoms with E-state index in [0.29, 0.717) is 10.3 Å². The Morgan fingerprint density at radius 1 is 1.47 bits per heavy atom. The molecular formula is C17H23F2N2O7PS. The van der Waals surface area contributed by atoms with E-state index in [-0.39, 0.29) is 17.5 Å². The Morgan fingerprint density at radius 2 is 2.17 bits per heavy atom. The average molecular weight is 468 g/mol. The van der Waals surface area contributed by atoms with Gasteiger partial charge in [-0.2, -0.15) is 13.8 Å². The number of aromatic nitrogens is 2. The van der Waals surface area contributed by atoms with Crippen molar-refractivity contribution < 1.29 is 36.4 Å². The second-order valence-corrected chi connectivity index (χ2v) is 10.6. The highest BCUT2D eigenvalue weighted by Gasteiger charge is 2.65. The van der Waals surface area contributed by atoms with E-state index in [1.165, 1.54) is 6.07 Å². The zero-order valence-corrected chi connectivity index (χ0v) is 18.6. The molecule has 0 spiro atoms. The second-order valence-electron chi connectivity index (χ2n) is 7.95. The lowest BCUT2D eigenvalue weighted by atomic mass is 10.00. The van der Waals surface area contributed by atoms with Crippen LogP contribution >= 0.6 is 19.6 Å². The molecule has 1 aromatic heterocycles. The molecule has 0 aromatic carbocycles. The number of aryl methyl sites for hydroxylation is 1. The van der Waals surface area contributed by atoms with Crippen molar-refractivity contribution in [3.8, 4) is 0 Å². The first kappa shape index (κ1) is 23.5. The Balaban J connectivity index is 1.65. The van der Waals surface area contributed by atoms with E-state index >= 15 is 0 Å². The Labute approximate surface area is 176 Å². The largest absolute Gasteiger partial charge is 0.475 e. The third kappa shape index (κ3) is 4.84. The van der Waals surface area contributed by atoms with Gasteiger partial charge in [0.25, 0.3) is 0 Å². The fraction of sp³-hybridized carbons (Fsp3) is 0.706. The van der Waals surface area contributed by atoms with Crippen LogP contribution in [0.25, 0.3) is 0 Å². The Morgan fingerprint density at radius 3 is 2.80 bits per heavy atom. The summed E-state index contributed by atoms with van der Waals surface area (Å²) in [6.45, 7) is 6.16. The summed E-state index contributed by atoms with van der Waals surface area (Å²) < 4.78 is 63.6. The number of halogens is 2. The molecule has 0 amide bonds. The molecule has 2 saturated heterocycles. The summed E-state index contributed by atoms with van der Waals surface area (Å²) >= 11 is 0.976. The number of phosphoric ester groups is 1. The van der Waals surface area contributed by atoms with Crippen LogP contribution in [0.4, 0.5) is 8.78 Å². The minimum Gasteiger partial charge on any atom is -0.343 e. The van der Waals surface area contributed by atoms with Gasteiger partial charge in [0.15, 0.2) is 11.2 Å². The third-order valence-electron chi connectivity index (χ3n) is 4.39. The number of rotatable bonds is 5. The zero-order chi connectivity index (χ0) is 22.3. The van der Waals surface area contributed by atoms with Crippen LogP contribution in [0.5, 0.6) is 0 Å². The van der Waals surface area contributed by atoms with E-state index < -0.39 is 49.9 Å². The number of nitrogens with zero attached hydrogens (tertiary/aromatic N) is 2. The summed E-state index contributed by atoms with van der Waals surface area (Å²) in [5.74, 6) is -3.54. The molecule has 3 rings (SSSR count). The number of phosphoric acid groups is 1. The highest BCUT2D eigenvalue weighted by atomic mass is 32.2. The molecule has 0 radical (unpaired) electrons. The van der Waals surface area contributed by atoms with E-state index in [1.807, 2.05) is 0 Å². The Kier molecular flexibility index (Phi) is 6.58. The summed E-state index contributed by atoms with van der Waals surface area (Å²) in [6, 6.07) is 1.39. The number of ether oxygens (including phenoxy) is 1. The molecule has 0 saturated carbocycles. The van der Waals surface area contributed by atoms with E-state index in [4.69, 9.17) is 18.3 Å². The summed E-state index contributed by atoms with van der Waals surface area (Å²) in [7, 11) is -4.29. The van der Waals surface area contributed by atoms with Crippen LogP contribution in [0.1, 0.15) is 32.7 Å². The van der Waals surface area contributed by atoms with Gasteiger partial charge in [-0.1, -0.05) is 32.5 Å². The van der Waals surface area contributed by atoms with Crippen molar-refractivity contribution in [2.24, 2.45) is 5.41 Å². The lowest BCUT2D eigenvalue weighted by Crippen LogP contribution is -2.45. The molecule has 3 heterocycles. The van der Waals surface area contributed by atoms with Crippen molar-refractivity contribution >= 4 is 24.7 Å². The van der Waals surface area contributed by atoms with Crippen LogP contribution < -0.4 is 5.69 Å². The van der Waals surface area contributed by atoms with Crippen molar-refractivity contribution in [3.63, 3.8) is 0 Å². The molecule has 0 aliphatic carbocycles. The van der Waals surface area contributed by atoms with Crippen molar-refractivity contribution in [2.75, 3.05) is 19.0 Å². The number of hydrogen-bond donors (Lipinski definition) is 0. The monoisotopic (exact) mass is 468 g/mol. The highest BCUT2D eigenvalue weighted by Crippen LogP contribution is 2.59. The quantitative estimate of drug-likeness (QED) is 0.476. The van der Waals surface area contributed by atoms with Crippen molar-refractivity contribution in [1.29, 1.82) is 0 Å². The zero-order valence-electron chi connectivity index (χ0n) is 16.9. The summed E-state index contributed by atoms with van der Waals surface area (Å²) in [5, 5.41) is -0.0920. The molecule has 13 heteroatoms. The Hall–Kier alpha value is -1.17. The van der Waals surface area contributed by atoms with Gasteiger partial charge in [0.2, 0.25) is 6.23 Å². The lowest BCUT2D eigenvalue weighted by Gasteiger charge is -2.31. The first-order valence-corrected chi connectivity index (χ1v) is 11.6. The summed E-state index contributed by atoms with van der Waals surface area (Å²) in [6.07, 6.45) is -4.01. The van der Waals surface area contributed by atoms with Crippen LogP contribution in [0.15, 0.2) is 17.1 Å². The number of carbonyl (C=O) groups excluding carboxylic acids is 1. The normalized spacial score (nSPS) is 30.8. The number of hydrogen-bond acceptors (Lipinski definition) is 9. The molecule has 4 atom stereocenters. The summed E-state index contributed by atoms with van der Waals surface area (Å²) in [5.41, 5.74) is -1.09. The SMILES string of the molecule is Cc1ccn([C@@H]2O[C@@H]3COP(=O)(OCCSC(=O)C(C)(C)C)O[C@H]3C2(F)F)c(=O)n1. The predicted molar refractivity (Wildman–Crippen MR) is 103 cm³/mol. The molecule has 0 bridgehead atoms. The van der Waals surface area contributed by atoms with Gasteiger partial charge in [0.05, 0.1) is 13.2 Å². The highest BCUT2D eigenvalue weighted by molar-refractivity contribution is 8.13. The molecule has 2 aliphatic rings. The molecule has 9 nitrogen and oxygen atoms in total. The minimum absolute atomic E-state index is 0.0920. The van der Waals surface area contributed by atoms with Crippen LogP contribution in [-0.2, 0) is 27.7 Å². The molecule has 1 aromatic rings. The molecular weight excluding hydrogens is 445 g/mol. The standard InChI is InChI=1S/C17H23F2N2O7PS/c1-10-5-6-21(15(23)20-10)13-17(18,19)12-11(27-13)9-26-29(24,28-12)25-7-8-30-14(22)16(2,3)4/h5-6,11-13H,7-9H2,1-4H3/t11-,12-,13-,29?/m1/s1. The van der Waals surface area contributed by atoms with Gasteiger partial charge in [-0.25, -0.2) is 9.36 Å². The van der Waals surface area contributed by atoms with Gasteiger partial charge in [0, 0.05) is 23.1 Å². The van der Waals surface area contributed by atoms with Gasteiger partial charge in [-0.15, -0.1) is 0 Å². The molecule has 2 aliphatic heterocycles. The third-order valence-corrected chi connectivity index (χ3v) is 7.08. The van der Waals surface area contributed by atoms with Gasteiger partial charge >= 0.3 is 19.4 Å². The number of alkyl halides is 2. The molecule has 30 heavy (non-hydrogen) atoms. The van der Waals surface area contributed by atoms with Gasteiger partial charge in [-0.3, -0.25) is 22.9 Å². The molecule has 0 N–H and O–H groups in total. The van der Waals surface area contributed by atoms with Gasteiger partial charge in [-0.05, 0) is 13.0 Å². The first-order chi connectivity index (χ1) is 13.8. The van der Waals surface area contributed by atoms with Crippen LogP contribution in [-0.4, -0.2) is 51.8 Å². The van der Waals surface area contributed by atoms with Crippen LogP contribution in [0, 0.1) is 12.3 Å². The second kappa shape index (κ2) is 8.40. The van der Waals surface area contributed by atoms with Gasteiger partial charge < -0.3 is 4.74 Å². The fourth-order valence-corrected chi connectivity index (χ4v) is 5.11. The van der Waals surface area contributed by atoms with Crippen molar-refractivity contribution in [2.45, 2.75) is 52.1 Å². The first-order valence-electron chi connectivity index (χ1n) is 9.17. The number of thioether (sulfide) groups is 1. The minimum atomic E-state index is -4.29. The molecule has 2 fully saturated rings. The number of carbonyl (C=O) groups is 1.